The molecule has 0 spiro atoms. The number of carbonyl (C=O) groups is 3. The number of ether oxygens (including phenoxy) is 2. The largest absolute Gasteiger partial charge is 0.497 e. The fourth-order valence-corrected chi connectivity index (χ4v) is 3.82. The number of alkyl carbamates (subject to hydrolysis) is 1. The van der Waals surface area contributed by atoms with Gasteiger partial charge in [-0.3, -0.25) is 9.59 Å². The minimum atomic E-state index is -1.29. The molecule has 2 aromatic carbocycles. The third-order valence-corrected chi connectivity index (χ3v) is 5.97. The van der Waals surface area contributed by atoms with Gasteiger partial charge in [-0.25, -0.2) is 4.79 Å². The molecule has 0 heterocycles. The SMILES string of the molecule is CCCCN(C(=O)C(CO)NC(=O)OC(C)(C)C)C(C(=O)Nc1ccc(OC)cc1)c1ccc(C)c(C)c1. The number of carbonyl (C=O) groups excluding carboxylic acids is 3. The molecule has 2 atom stereocenters. The lowest BCUT2D eigenvalue weighted by atomic mass is 9.98. The maximum atomic E-state index is 13.8. The van der Waals surface area contributed by atoms with Crippen LogP contribution in [0.4, 0.5) is 10.5 Å². The van der Waals surface area contributed by atoms with Crippen LogP contribution in [0.25, 0.3) is 0 Å². The minimum Gasteiger partial charge on any atom is -0.497 e. The molecule has 0 radical (unpaired) electrons. The Morgan fingerprint density at radius 1 is 1.03 bits per heavy atom. The summed E-state index contributed by atoms with van der Waals surface area (Å²) in [6.45, 7) is 10.6. The highest BCUT2D eigenvalue weighted by Gasteiger charge is 2.36. The number of methoxy groups -OCH3 is 1. The van der Waals surface area contributed by atoms with Gasteiger partial charge in [-0.15, -0.1) is 0 Å². The molecular weight excluding hydrogens is 486 g/mol. The Balaban J connectivity index is 2.48. The molecule has 9 nitrogen and oxygen atoms in total. The van der Waals surface area contributed by atoms with Crippen molar-refractivity contribution >= 4 is 23.6 Å². The highest BCUT2D eigenvalue weighted by molar-refractivity contribution is 5.99. The Kier molecular flexibility index (Phi) is 11.1. The summed E-state index contributed by atoms with van der Waals surface area (Å²) in [5.74, 6) is -0.357. The van der Waals surface area contributed by atoms with Crippen molar-refractivity contribution in [3.63, 3.8) is 0 Å². The molecule has 0 aliphatic heterocycles. The smallest absolute Gasteiger partial charge is 0.408 e. The second-order valence-corrected chi connectivity index (χ2v) is 10.2. The first-order chi connectivity index (χ1) is 17.9. The zero-order chi connectivity index (χ0) is 28.5. The molecule has 0 fully saturated rings. The van der Waals surface area contributed by atoms with Crippen LogP contribution in [0.3, 0.4) is 0 Å². The molecule has 2 unspecified atom stereocenters. The molecule has 0 aliphatic rings. The Morgan fingerprint density at radius 2 is 1.68 bits per heavy atom. The fourth-order valence-electron chi connectivity index (χ4n) is 3.82. The van der Waals surface area contributed by atoms with Crippen molar-refractivity contribution in [1.29, 1.82) is 0 Å². The zero-order valence-electron chi connectivity index (χ0n) is 23.5. The molecule has 0 saturated heterocycles. The zero-order valence-corrected chi connectivity index (χ0v) is 23.5. The van der Waals surface area contributed by atoms with Gasteiger partial charge in [0.05, 0.1) is 13.7 Å². The molecule has 208 valence electrons. The van der Waals surface area contributed by atoms with Crippen molar-refractivity contribution in [3.05, 3.63) is 59.2 Å². The van der Waals surface area contributed by atoms with Gasteiger partial charge in [0.15, 0.2) is 0 Å². The van der Waals surface area contributed by atoms with Crippen LogP contribution in [-0.2, 0) is 14.3 Å². The Bertz CT molecular complexity index is 1090. The summed E-state index contributed by atoms with van der Waals surface area (Å²) in [5, 5.41) is 15.4. The predicted molar refractivity (Wildman–Crippen MR) is 147 cm³/mol. The maximum absolute atomic E-state index is 13.8. The summed E-state index contributed by atoms with van der Waals surface area (Å²) in [6, 6.07) is 10.2. The van der Waals surface area contributed by atoms with Crippen LogP contribution in [0, 0.1) is 13.8 Å². The van der Waals surface area contributed by atoms with Gasteiger partial charge in [0, 0.05) is 12.2 Å². The predicted octanol–water partition coefficient (Wildman–Crippen LogP) is 4.51. The summed E-state index contributed by atoms with van der Waals surface area (Å²) in [5.41, 5.74) is 2.40. The van der Waals surface area contributed by atoms with Crippen LogP contribution in [0.2, 0.25) is 0 Å². The molecule has 0 bridgehead atoms. The van der Waals surface area contributed by atoms with E-state index in [2.05, 4.69) is 10.6 Å². The Morgan fingerprint density at radius 3 is 2.21 bits per heavy atom. The lowest BCUT2D eigenvalue weighted by molar-refractivity contribution is -0.141. The molecule has 38 heavy (non-hydrogen) atoms. The van der Waals surface area contributed by atoms with Crippen LogP contribution in [0.1, 0.15) is 63.3 Å². The van der Waals surface area contributed by atoms with Crippen LogP contribution >= 0.6 is 0 Å². The van der Waals surface area contributed by atoms with Crippen LogP contribution in [0.15, 0.2) is 42.5 Å². The Labute approximate surface area is 225 Å². The van der Waals surface area contributed by atoms with Crippen molar-refractivity contribution in [2.75, 3.05) is 25.6 Å². The van der Waals surface area contributed by atoms with E-state index < -0.39 is 42.2 Å². The van der Waals surface area contributed by atoms with E-state index in [0.29, 0.717) is 23.4 Å². The lowest BCUT2D eigenvalue weighted by Crippen LogP contribution is -2.54. The quantitative estimate of drug-likeness (QED) is 0.396. The van der Waals surface area contributed by atoms with Crippen molar-refractivity contribution in [2.45, 2.75) is 72.1 Å². The number of amides is 3. The van der Waals surface area contributed by atoms with Gasteiger partial charge in [0.1, 0.15) is 23.4 Å². The van der Waals surface area contributed by atoms with E-state index in [0.717, 1.165) is 17.5 Å². The number of aliphatic hydroxyl groups is 1. The third-order valence-electron chi connectivity index (χ3n) is 5.97. The summed E-state index contributed by atoms with van der Waals surface area (Å²) in [4.78, 5) is 41.4. The second-order valence-electron chi connectivity index (χ2n) is 10.2. The summed E-state index contributed by atoms with van der Waals surface area (Å²) >= 11 is 0. The fraction of sp³-hybridized carbons (Fsp3) is 0.483. The average molecular weight is 528 g/mol. The molecule has 3 amide bonds. The number of benzene rings is 2. The van der Waals surface area contributed by atoms with Crippen LogP contribution in [-0.4, -0.2) is 59.8 Å². The highest BCUT2D eigenvalue weighted by atomic mass is 16.6. The first-order valence-corrected chi connectivity index (χ1v) is 12.8. The van der Waals surface area contributed by atoms with Gasteiger partial charge in [0.2, 0.25) is 5.91 Å². The topological polar surface area (TPSA) is 117 Å². The van der Waals surface area contributed by atoms with Crippen molar-refractivity contribution in [2.24, 2.45) is 0 Å². The summed E-state index contributed by atoms with van der Waals surface area (Å²) in [7, 11) is 1.56. The number of unbranched alkanes of at least 4 members (excludes halogenated alkanes) is 1. The van der Waals surface area contributed by atoms with Gasteiger partial charge in [-0.1, -0.05) is 31.5 Å². The number of rotatable bonds is 11. The number of hydrogen-bond acceptors (Lipinski definition) is 6. The molecule has 3 N–H and O–H groups in total. The molecule has 2 rings (SSSR count). The number of nitrogens with one attached hydrogen (secondary N) is 2. The summed E-state index contributed by atoms with van der Waals surface area (Å²) < 4.78 is 10.5. The molecule has 9 heteroatoms. The van der Waals surface area contributed by atoms with Crippen LogP contribution in [0.5, 0.6) is 5.75 Å². The van der Waals surface area contributed by atoms with Crippen molar-refractivity contribution in [3.8, 4) is 5.75 Å². The van der Waals surface area contributed by atoms with E-state index in [9.17, 15) is 19.5 Å². The maximum Gasteiger partial charge on any atom is 0.408 e. The first kappa shape index (κ1) is 30.6. The van der Waals surface area contributed by atoms with Crippen molar-refractivity contribution in [1.82, 2.24) is 10.2 Å². The van der Waals surface area contributed by atoms with Gasteiger partial charge < -0.3 is 30.1 Å². The average Bonchev–Trinajstić information content (AvgIpc) is 2.85. The molecular formula is C29H41N3O6. The third kappa shape index (κ3) is 8.76. The molecule has 0 aromatic heterocycles. The van der Waals surface area contributed by atoms with E-state index in [1.165, 1.54) is 4.90 Å². The molecule has 2 aromatic rings. The van der Waals surface area contributed by atoms with Crippen molar-refractivity contribution < 1.29 is 29.0 Å². The second kappa shape index (κ2) is 13.8. The van der Waals surface area contributed by atoms with Gasteiger partial charge in [-0.05, 0) is 82.0 Å². The number of nitrogens with zero attached hydrogens (tertiary/aromatic N) is 1. The van der Waals surface area contributed by atoms with E-state index in [-0.39, 0.29) is 6.54 Å². The standard InChI is InChI=1S/C29H41N3O6/c1-8-9-16-32(27(35)24(18-33)31-28(36)38-29(4,5)6)25(21-11-10-19(2)20(3)17-21)26(34)30-22-12-14-23(37-7)15-13-22/h10-15,17,24-25,33H,8-9,16,18H2,1-7H3,(H,30,34)(H,31,36). The van der Waals surface area contributed by atoms with Gasteiger partial charge in [0.25, 0.3) is 5.91 Å². The number of hydrogen-bond donors (Lipinski definition) is 3. The van der Waals surface area contributed by atoms with E-state index in [1.54, 1.807) is 52.1 Å². The molecule has 0 aliphatic carbocycles. The van der Waals surface area contributed by atoms with Gasteiger partial charge >= 0.3 is 6.09 Å². The monoisotopic (exact) mass is 527 g/mol. The normalized spacial score (nSPS) is 12.7. The minimum absolute atomic E-state index is 0.245. The van der Waals surface area contributed by atoms with E-state index in [4.69, 9.17) is 9.47 Å². The van der Waals surface area contributed by atoms with Gasteiger partial charge in [-0.2, -0.15) is 0 Å². The number of anilines is 1. The Hall–Kier alpha value is -3.59. The first-order valence-electron chi connectivity index (χ1n) is 12.8. The number of aliphatic hydroxyl groups excluding tert-OH is 1. The number of aryl methyl sites for hydroxylation is 2. The summed E-state index contributed by atoms with van der Waals surface area (Å²) in [6.07, 6.45) is 0.561. The van der Waals surface area contributed by atoms with E-state index in [1.807, 2.05) is 39.0 Å². The van der Waals surface area contributed by atoms with Crippen LogP contribution < -0.4 is 15.4 Å². The molecule has 0 saturated carbocycles. The van der Waals surface area contributed by atoms with E-state index >= 15 is 0 Å². The highest BCUT2D eigenvalue weighted by Crippen LogP contribution is 2.27. The lowest BCUT2D eigenvalue weighted by Gasteiger charge is -2.34.